The van der Waals surface area contributed by atoms with Gasteiger partial charge in [0, 0.05) is 27.5 Å². The van der Waals surface area contributed by atoms with E-state index in [1.807, 2.05) is 0 Å². The van der Waals surface area contributed by atoms with Gasteiger partial charge < -0.3 is 4.42 Å². The molecule has 1 nitrogen and oxygen atoms in total. The maximum absolute atomic E-state index is 6.61. The molecule has 0 amide bonds. The van der Waals surface area contributed by atoms with Crippen molar-refractivity contribution in [2.24, 2.45) is 0 Å². The van der Waals surface area contributed by atoms with E-state index < -0.39 is 0 Å². The summed E-state index contributed by atoms with van der Waals surface area (Å²) in [7, 11) is 0. The molecule has 0 spiro atoms. The minimum absolute atomic E-state index is 0.102. The highest BCUT2D eigenvalue weighted by atomic mass is 16.3. The van der Waals surface area contributed by atoms with E-state index >= 15 is 0 Å². The minimum atomic E-state index is -0.136. The van der Waals surface area contributed by atoms with Crippen molar-refractivity contribution < 1.29 is 4.42 Å². The Labute approximate surface area is 362 Å². The highest BCUT2D eigenvalue weighted by Crippen LogP contribution is 2.53. The first-order valence-corrected chi connectivity index (χ1v) is 22.0. The summed E-state index contributed by atoms with van der Waals surface area (Å²) in [5.41, 5.74) is 18.6. The maximum Gasteiger partial charge on any atom is 0.136 e. The highest BCUT2D eigenvalue weighted by molar-refractivity contribution is 6.23. The SMILES string of the molecule is CC1(C)C2=CC(C=CC=C2)c2ccc(-c3c4ccccc4c(-c4ccc5c(c4)C(C)(C)c4ccccc4-5)c4ccc(-c5ccc6c(c5)oc5ccc7ccccc7c56)cc34)cc21. The van der Waals surface area contributed by atoms with Crippen molar-refractivity contribution in [2.45, 2.75) is 44.4 Å². The van der Waals surface area contributed by atoms with Gasteiger partial charge >= 0.3 is 0 Å². The number of hydrogen-bond donors (Lipinski definition) is 0. The van der Waals surface area contributed by atoms with Gasteiger partial charge in [0.05, 0.1) is 0 Å². The number of rotatable bonds is 3. The summed E-state index contributed by atoms with van der Waals surface area (Å²) >= 11 is 0. The minimum Gasteiger partial charge on any atom is -0.456 e. The Morgan fingerprint density at radius 1 is 0.435 bits per heavy atom. The van der Waals surface area contributed by atoms with Gasteiger partial charge in [-0.1, -0.05) is 179 Å². The lowest BCUT2D eigenvalue weighted by Crippen LogP contribution is -2.26. The van der Waals surface area contributed by atoms with Gasteiger partial charge in [-0.3, -0.25) is 0 Å². The first-order valence-electron chi connectivity index (χ1n) is 22.0. The predicted octanol–water partition coefficient (Wildman–Crippen LogP) is 16.8. The topological polar surface area (TPSA) is 13.1 Å². The van der Waals surface area contributed by atoms with Gasteiger partial charge in [0.1, 0.15) is 11.2 Å². The van der Waals surface area contributed by atoms with Crippen LogP contribution in [0.4, 0.5) is 0 Å². The fraction of sp³-hybridized carbons (Fsp3) is 0.115. The van der Waals surface area contributed by atoms with Crippen LogP contribution >= 0.6 is 0 Å². The fourth-order valence-corrected chi connectivity index (χ4v) is 11.5. The number of fused-ring (bicyclic) bond motifs is 13. The molecule has 0 N–H and O–H groups in total. The van der Waals surface area contributed by atoms with Crippen LogP contribution in [0.15, 0.2) is 198 Å². The van der Waals surface area contributed by atoms with Crippen LogP contribution < -0.4 is 0 Å². The molecule has 3 aliphatic carbocycles. The van der Waals surface area contributed by atoms with Gasteiger partial charge in [-0.15, -0.1) is 0 Å². The van der Waals surface area contributed by atoms with Crippen LogP contribution in [0.2, 0.25) is 0 Å². The molecule has 0 saturated heterocycles. The Morgan fingerprint density at radius 2 is 1.08 bits per heavy atom. The Balaban J connectivity index is 1.07. The zero-order chi connectivity index (χ0) is 41.5. The second kappa shape index (κ2) is 12.7. The average molecular weight is 793 g/mol. The van der Waals surface area contributed by atoms with Gasteiger partial charge in [0.2, 0.25) is 0 Å². The molecule has 0 saturated carbocycles. The van der Waals surface area contributed by atoms with Gasteiger partial charge in [-0.05, 0) is 141 Å². The molecule has 10 aromatic rings. The van der Waals surface area contributed by atoms with Crippen molar-refractivity contribution in [3.8, 4) is 44.5 Å². The normalized spacial score (nSPS) is 16.8. The molecule has 2 bridgehead atoms. The van der Waals surface area contributed by atoms with Crippen molar-refractivity contribution in [3.05, 3.63) is 216 Å². The van der Waals surface area contributed by atoms with Gasteiger partial charge in [-0.2, -0.15) is 0 Å². The van der Waals surface area contributed by atoms with Crippen molar-refractivity contribution in [1.29, 1.82) is 0 Å². The lowest BCUT2D eigenvalue weighted by atomic mass is 9.68. The fourth-order valence-electron chi connectivity index (χ4n) is 11.5. The molecule has 0 aliphatic heterocycles. The highest BCUT2D eigenvalue weighted by Gasteiger charge is 2.36. The second-order valence-corrected chi connectivity index (χ2v) is 18.8. The van der Waals surface area contributed by atoms with E-state index in [9.17, 15) is 0 Å². The predicted molar refractivity (Wildman–Crippen MR) is 262 cm³/mol. The standard InChI is InChI=1S/C61H44O/c1-60(2)42-15-7-5-14-39(31-42)43-26-23-41(33-53(43)60)58-48-19-10-9-18-47(48)57(40-24-27-46-45-17-11-12-20-52(45)61(3,4)54(46)34-40)49-28-21-37(32-51(49)58)38-22-29-50-56(35-38)62-55-30-25-36-13-6-8-16-44(36)59(50)55/h5-35,39H,1-4H3. The summed E-state index contributed by atoms with van der Waals surface area (Å²) in [6.45, 7) is 9.53. The van der Waals surface area contributed by atoms with Crippen LogP contribution in [-0.4, -0.2) is 0 Å². The molecule has 1 heteroatoms. The molecule has 1 unspecified atom stereocenters. The molecule has 1 atom stereocenters. The van der Waals surface area contributed by atoms with Crippen LogP contribution in [0, 0.1) is 0 Å². The van der Waals surface area contributed by atoms with E-state index in [4.69, 9.17) is 4.42 Å². The van der Waals surface area contributed by atoms with Gasteiger partial charge in [0.15, 0.2) is 0 Å². The molecule has 62 heavy (non-hydrogen) atoms. The second-order valence-electron chi connectivity index (χ2n) is 18.8. The summed E-state index contributed by atoms with van der Waals surface area (Å²) in [5, 5.41) is 9.81. The number of allylic oxidation sites excluding steroid dienone is 6. The molecule has 294 valence electrons. The zero-order valence-electron chi connectivity index (χ0n) is 35.4. The van der Waals surface area contributed by atoms with E-state index in [1.54, 1.807) is 0 Å². The van der Waals surface area contributed by atoms with Crippen LogP contribution in [0.3, 0.4) is 0 Å². The van der Waals surface area contributed by atoms with E-state index in [0.717, 1.165) is 22.1 Å². The molecular formula is C61H44O. The average Bonchev–Trinajstić information content (AvgIpc) is 3.66. The first-order chi connectivity index (χ1) is 30.2. The number of hydrogen-bond acceptors (Lipinski definition) is 1. The van der Waals surface area contributed by atoms with Crippen LogP contribution in [0.1, 0.15) is 55.9 Å². The third-order valence-corrected chi connectivity index (χ3v) is 14.8. The largest absolute Gasteiger partial charge is 0.456 e. The van der Waals surface area contributed by atoms with Crippen molar-refractivity contribution in [2.75, 3.05) is 0 Å². The maximum atomic E-state index is 6.61. The summed E-state index contributed by atoms with van der Waals surface area (Å²) < 4.78 is 6.61. The van der Waals surface area contributed by atoms with Crippen molar-refractivity contribution in [1.82, 2.24) is 0 Å². The first kappa shape index (κ1) is 35.5. The van der Waals surface area contributed by atoms with Gasteiger partial charge in [0.25, 0.3) is 0 Å². The smallest absolute Gasteiger partial charge is 0.136 e. The number of benzene rings is 9. The molecule has 0 radical (unpaired) electrons. The van der Waals surface area contributed by atoms with Crippen LogP contribution in [0.5, 0.6) is 0 Å². The quantitative estimate of drug-likeness (QED) is 0.162. The lowest BCUT2D eigenvalue weighted by molar-refractivity contribution is 0.611. The van der Waals surface area contributed by atoms with E-state index in [1.165, 1.54) is 104 Å². The van der Waals surface area contributed by atoms with E-state index in [0.29, 0.717) is 0 Å². The van der Waals surface area contributed by atoms with Crippen LogP contribution in [-0.2, 0) is 10.8 Å². The number of furan rings is 1. The molecule has 9 aromatic carbocycles. The summed E-state index contributed by atoms with van der Waals surface area (Å²) in [6.07, 6.45) is 11.5. The summed E-state index contributed by atoms with van der Waals surface area (Å²) in [5.74, 6) is 0.265. The molecular weight excluding hydrogens is 749 g/mol. The lowest BCUT2D eigenvalue weighted by Gasteiger charge is -2.36. The third kappa shape index (κ3) is 4.91. The molecule has 13 rings (SSSR count). The Morgan fingerprint density at radius 3 is 1.92 bits per heavy atom. The van der Waals surface area contributed by atoms with E-state index in [-0.39, 0.29) is 16.7 Å². The molecule has 3 aliphatic rings. The Kier molecular flexibility index (Phi) is 7.26. The van der Waals surface area contributed by atoms with Crippen LogP contribution in [0.25, 0.3) is 98.8 Å². The summed E-state index contributed by atoms with van der Waals surface area (Å²) in [6, 6.07) is 59.4. The Bertz CT molecular complexity index is 3690. The van der Waals surface area contributed by atoms with E-state index in [2.05, 4.69) is 216 Å². The van der Waals surface area contributed by atoms with Crippen molar-refractivity contribution in [3.63, 3.8) is 0 Å². The zero-order valence-corrected chi connectivity index (χ0v) is 35.4. The Hall–Kier alpha value is -7.22. The third-order valence-electron chi connectivity index (χ3n) is 14.8. The molecule has 1 heterocycles. The monoisotopic (exact) mass is 792 g/mol. The van der Waals surface area contributed by atoms with Crippen molar-refractivity contribution >= 4 is 54.3 Å². The molecule has 1 aromatic heterocycles. The van der Waals surface area contributed by atoms with Gasteiger partial charge in [-0.25, -0.2) is 0 Å². The summed E-state index contributed by atoms with van der Waals surface area (Å²) in [4.78, 5) is 0. The molecule has 0 fully saturated rings.